The summed E-state index contributed by atoms with van der Waals surface area (Å²) in [6, 6.07) is 19.6. The molecule has 5 heteroatoms. The van der Waals surface area contributed by atoms with Gasteiger partial charge in [-0.25, -0.2) is 0 Å². The van der Waals surface area contributed by atoms with Gasteiger partial charge < -0.3 is 14.4 Å². The predicted molar refractivity (Wildman–Crippen MR) is 113 cm³/mol. The Hall–Kier alpha value is -2.79. The van der Waals surface area contributed by atoms with E-state index in [1.54, 1.807) is 25.4 Å². The zero-order valence-corrected chi connectivity index (χ0v) is 17.2. The lowest BCUT2D eigenvalue weighted by Crippen LogP contribution is -2.39. The summed E-state index contributed by atoms with van der Waals surface area (Å²) in [4.78, 5) is 16.2. The number of rotatable bonds is 8. The van der Waals surface area contributed by atoms with Gasteiger partial charge in [0.25, 0.3) is 5.91 Å². The first kappa shape index (κ1) is 20.0. The van der Waals surface area contributed by atoms with Crippen LogP contribution in [0.4, 0.5) is 0 Å². The topological polar surface area (TPSA) is 38.8 Å². The van der Waals surface area contributed by atoms with Crippen molar-refractivity contribution in [1.82, 2.24) is 4.90 Å². The lowest BCUT2D eigenvalue weighted by Gasteiger charge is -2.26. The van der Waals surface area contributed by atoms with Crippen LogP contribution in [0.3, 0.4) is 0 Å². The summed E-state index contributed by atoms with van der Waals surface area (Å²) in [6.07, 6.45) is -0.587. The number of methoxy groups -OCH3 is 1. The minimum atomic E-state index is -0.587. The summed E-state index contributed by atoms with van der Waals surface area (Å²) < 4.78 is 11.4. The molecule has 3 aromatic rings. The number of carbonyl (C=O) groups excluding carboxylic acids is 1. The largest absolute Gasteiger partial charge is 0.496 e. The number of para-hydroxylation sites is 1. The van der Waals surface area contributed by atoms with Gasteiger partial charge in [0.05, 0.1) is 13.7 Å². The van der Waals surface area contributed by atoms with E-state index in [4.69, 9.17) is 9.47 Å². The maximum atomic E-state index is 13.2. The lowest BCUT2D eigenvalue weighted by molar-refractivity contribution is -0.139. The molecule has 0 aliphatic rings. The maximum absolute atomic E-state index is 13.2. The Morgan fingerprint density at radius 1 is 1.07 bits per heavy atom. The minimum absolute atomic E-state index is 0.0548. The molecule has 1 atom stereocenters. The van der Waals surface area contributed by atoms with Gasteiger partial charge in [0.15, 0.2) is 6.10 Å². The Kier molecular flexibility index (Phi) is 6.71. The van der Waals surface area contributed by atoms with Gasteiger partial charge in [-0.05, 0) is 49.1 Å². The fourth-order valence-electron chi connectivity index (χ4n) is 3.04. The van der Waals surface area contributed by atoms with Gasteiger partial charge in [0.1, 0.15) is 11.5 Å². The molecule has 0 saturated carbocycles. The highest BCUT2D eigenvalue weighted by Gasteiger charge is 2.24. The van der Waals surface area contributed by atoms with Crippen LogP contribution in [0.5, 0.6) is 11.5 Å². The fourth-order valence-corrected chi connectivity index (χ4v) is 3.76. The summed E-state index contributed by atoms with van der Waals surface area (Å²) in [5.74, 6) is 1.42. The highest BCUT2D eigenvalue weighted by atomic mass is 32.1. The van der Waals surface area contributed by atoms with Crippen LogP contribution in [-0.4, -0.2) is 24.0 Å². The Labute approximate surface area is 170 Å². The van der Waals surface area contributed by atoms with Gasteiger partial charge in [-0.15, -0.1) is 11.3 Å². The minimum Gasteiger partial charge on any atom is -0.496 e. The van der Waals surface area contributed by atoms with Crippen molar-refractivity contribution in [2.75, 3.05) is 7.11 Å². The number of thiophene rings is 1. The summed E-state index contributed by atoms with van der Waals surface area (Å²) in [5.41, 5.74) is 2.07. The van der Waals surface area contributed by atoms with Crippen LogP contribution in [0.1, 0.15) is 22.9 Å². The van der Waals surface area contributed by atoms with Gasteiger partial charge in [-0.1, -0.05) is 36.4 Å². The van der Waals surface area contributed by atoms with Crippen LogP contribution in [0.15, 0.2) is 66.0 Å². The molecule has 0 aliphatic heterocycles. The van der Waals surface area contributed by atoms with Crippen molar-refractivity contribution >= 4 is 17.2 Å². The number of amides is 1. The van der Waals surface area contributed by atoms with E-state index in [2.05, 4.69) is 0 Å². The van der Waals surface area contributed by atoms with Gasteiger partial charge in [0.2, 0.25) is 0 Å². The Morgan fingerprint density at radius 3 is 2.61 bits per heavy atom. The Morgan fingerprint density at radius 2 is 1.89 bits per heavy atom. The lowest BCUT2D eigenvalue weighted by atomic mass is 10.1. The average molecular weight is 396 g/mol. The third kappa shape index (κ3) is 5.14. The van der Waals surface area contributed by atoms with E-state index in [9.17, 15) is 4.79 Å². The molecular weight excluding hydrogens is 370 g/mol. The van der Waals surface area contributed by atoms with Gasteiger partial charge >= 0.3 is 0 Å². The molecule has 0 saturated heterocycles. The predicted octanol–water partition coefficient (Wildman–Crippen LogP) is 5.06. The SMILES string of the molecule is COc1ccccc1CN(Cc1cccs1)C(=O)C(C)Oc1cccc(C)c1. The van der Waals surface area contributed by atoms with Crippen molar-refractivity contribution in [3.8, 4) is 11.5 Å². The first-order chi connectivity index (χ1) is 13.6. The van der Waals surface area contributed by atoms with E-state index in [-0.39, 0.29) is 5.91 Å². The van der Waals surface area contributed by atoms with Gasteiger partial charge in [-0.3, -0.25) is 4.79 Å². The second kappa shape index (κ2) is 9.42. The molecular formula is C23H25NO3S. The standard InChI is InChI=1S/C23H25NO3S/c1-17-8-6-10-20(14-17)27-18(2)23(25)24(16-21-11-7-13-28-21)15-19-9-4-5-12-22(19)26-3/h4-14,18H,15-16H2,1-3H3. The first-order valence-corrected chi connectivity index (χ1v) is 10.1. The molecule has 146 valence electrons. The molecule has 4 nitrogen and oxygen atoms in total. The van der Waals surface area contributed by atoms with Crippen molar-refractivity contribution in [3.05, 3.63) is 82.0 Å². The molecule has 2 aromatic carbocycles. The Balaban J connectivity index is 1.79. The quantitative estimate of drug-likeness (QED) is 0.535. The maximum Gasteiger partial charge on any atom is 0.263 e. The van der Waals surface area contributed by atoms with Crippen LogP contribution < -0.4 is 9.47 Å². The molecule has 1 unspecified atom stereocenters. The number of nitrogens with zero attached hydrogens (tertiary/aromatic N) is 1. The van der Waals surface area contributed by atoms with Gasteiger partial charge in [-0.2, -0.15) is 0 Å². The zero-order chi connectivity index (χ0) is 19.9. The van der Waals surface area contributed by atoms with Crippen LogP contribution in [-0.2, 0) is 17.9 Å². The second-order valence-electron chi connectivity index (χ2n) is 6.66. The second-order valence-corrected chi connectivity index (χ2v) is 7.69. The molecule has 0 bridgehead atoms. The number of carbonyl (C=O) groups is 1. The van der Waals surface area contributed by atoms with Crippen LogP contribution in [0.2, 0.25) is 0 Å². The van der Waals surface area contributed by atoms with Crippen LogP contribution >= 0.6 is 11.3 Å². The summed E-state index contributed by atoms with van der Waals surface area (Å²) >= 11 is 1.64. The molecule has 0 aliphatic carbocycles. The summed E-state index contributed by atoms with van der Waals surface area (Å²) in [5, 5.41) is 2.02. The molecule has 0 N–H and O–H groups in total. The van der Waals surface area contributed by atoms with Gasteiger partial charge in [0, 0.05) is 17.0 Å². The highest BCUT2D eigenvalue weighted by molar-refractivity contribution is 7.09. The van der Waals surface area contributed by atoms with Crippen molar-refractivity contribution in [2.24, 2.45) is 0 Å². The van der Waals surface area contributed by atoms with E-state index in [1.165, 1.54) is 0 Å². The number of hydrogen-bond acceptors (Lipinski definition) is 4. The van der Waals surface area contributed by atoms with E-state index in [0.717, 1.165) is 21.8 Å². The number of benzene rings is 2. The highest BCUT2D eigenvalue weighted by Crippen LogP contribution is 2.23. The molecule has 0 fully saturated rings. The van der Waals surface area contributed by atoms with E-state index in [1.807, 2.05) is 77.9 Å². The molecule has 28 heavy (non-hydrogen) atoms. The molecule has 1 aromatic heterocycles. The fraction of sp³-hybridized carbons (Fsp3) is 0.261. The molecule has 1 heterocycles. The molecule has 0 spiro atoms. The first-order valence-electron chi connectivity index (χ1n) is 9.23. The van der Waals surface area contributed by atoms with Crippen molar-refractivity contribution in [1.29, 1.82) is 0 Å². The number of aryl methyl sites for hydroxylation is 1. The third-order valence-corrected chi connectivity index (χ3v) is 5.30. The molecule has 3 rings (SSSR count). The smallest absolute Gasteiger partial charge is 0.263 e. The van der Waals surface area contributed by atoms with E-state index in [0.29, 0.717) is 18.8 Å². The number of hydrogen-bond donors (Lipinski definition) is 0. The van der Waals surface area contributed by atoms with Crippen molar-refractivity contribution in [3.63, 3.8) is 0 Å². The van der Waals surface area contributed by atoms with Crippen molar-refractivity contribution < 1.29 is 14.3 Å². The summed E-state index contributed by atoms with van der Waals surface area (Å²) in [7, 11) is 1.65. The Bertz CT molecular complexity index is 908. The molecule has 1 amide bonds. The zero-order valence-electron chi connectivity index (χ0n) is 16.4. The summed E-state index contributed by atoms with van der Waals surface area (Å²) in [6.45, 7) is 4.80. The van der Waals surface area contributed by atoms with Crippen LogP contribution in [0.25, 0.3) is 0 Å². The van der Waals surface area contributed by atoms with Crippen molar-refractivity contribution in [2.45, 2.75) is 33.0 Å². The van der Waals surface area contributed by atoms with E-state index < -0.39 is 6.10 Å². The van der Waals surface area contributed by atoms with Crippen LogP contribution in [0, 0.1) is 6.92 Å². The third-order valence-electron chi connectivity index (χ3n) is 4.44. The normalized spacial score (nSPS) is 11.7. The molecule has 0 radical (unpaired) electrons. The van der Waals surface area contributed by atoms with E-state index >= 15 is 0 Å². The monoisotopic (exact) mass is 395 g/mol. The number of ether oxygens (including phenoxy) is 2. The average Bonchev–Trinajstić information content (AvgIpc) is 3.20.